The molecule has 1 aromatic carbocycles. The van der Waals surface area contributed by atoms with Gasteiger partial charge in [0, 0.05) is 37.7 Å². The summed E-state index contributed by atoms with van der Waals surface area (Å²) in [5.74, 6) is -0.382. The summed E-state index contributed by atoms with van der Waals surface area (Å²) in [6, 6.07) is 4.01. The van der Waals surface area contributed by atoms with Gasteiger partial charge in [-0.25, -0.2) is 17.2 Å². The highest BCUT2D eigenvalue weighted by atomic mass is 32.2. The van der Waals surface area contributed by atoms with Gasteiger partial charge in [-0.2, -0.15) is 0 Å². The van der Waals surface area contributed by atoms with Crippen LogP contribution in [-0.2, 0) is 15.3 Å². The maximum atomic E-state index is 14.5. The highest BCUT2D eigenvalue weighted by Crippen LogP contribution is 2.42. The standard InChI is InChI=1S/C20H29F2N3O2S/c1-19(2)14-25(11-12-28(19,26)27)18(23-3)24-13-20(9-4-5-10-20)17-15(21)7-6-8-16(17)22/h6-8H,4-5,9-14H2,1-3H3,(H,23,24). The maximum absolute atomic E-state index is 14.5. The Morgan fingerprint density at radius 2 is 1.82 bits per heavy atom. The second kappa shape index (κ2) is 7.61. The maximum Gasteiger partial charge on any atom is 0.193 e. The zero-order valence-electron chi connectivity index (χ0n) is 16.8. The van der Waals surface area contributed by atoms with Crippen molar-refractivity contribution in [2.45, 2.75) is 49.7 Å². The molecule has 0 radical (unpaired) electrons. The molecule has 1 N–H and O–H groups in total. The van der Waals surface area contributed by atoms with Gasteiger partial charge in [0.15, 0.2) is 15.8 Å². The van der Waals surface area contributed by atoms with Gasteiger partial charge in [-0.3, -0.25) is 4.99 Å². The molecule has 0 bridgehead atoms. The summed E-state index contributed by atoms with van der Waals surface area (Å²) in [4.78, 5) is 6.22. The molecule has 3 rings (SSSR count). The van der Waals surface area contributed by atoms with Crippen LogP contribution in [0.2, 0.25) is 0 Å². The zero-order chi connectivity index (χ0) is 20.6. The first-order chi connectivity index (χ1) is 13.1. The van der Waals surface area contributed by atoms with E-state index in [9.17, 15) is 17.2 Å². The fourth-order valence-corrected chi connectivity index (χ4v) is 5.84. The highest BCUT2D eigenvalue weighted by Gasteiger charge is 2.43. The minimum absolute atomic E-state index is 0.0633. The first-order valence-corrected chi connectivity index (χ1v) is 11.4. The Labute approximate surface area is 166 Å². The van der Waals surface area contributed by atoms with E-state index in [2.05, 4.69) is 10.3 Å². The van der Waals surface area contributed by atoms with E-state index in [0.29, 0.717) is 38.4 Å². The molecule has 1 saturated carbocycles. The Balaban J connectivity index is 1.80. The van der Waals surface area contributed by atoms with Crippen LogP contribution in [0.25, 0.3) is 0 Å². The van der Waals surface area contributed by atoms with Crippen LogP contribution >= 0.6 is 0 Å². The van der Waals surface area contributed by atoms with E-state index in [0.717, 1.165) is 12.8 Å². The molecule has 0 amide bonds. The van der Waals surface area contributed by atoms with E-state index < -0.39 is 31.6 Å². The minimum atomic E-state index is -3.16. The molecule has 1 saturated heterocycles. The Hall–Kier alpha value is -1.70. The first kappa shape index (κ1) is 21.0. The van der Waals surface area contributed by atoms with Crippen molar-refractivity contribution in [3.8, 4) is 0 Å². The Morgan fingerprint density at radius 3 is 2.36 bits per heavy atom. The summed E-state index contributed by atoms with van der Waals surface area (Å²) in [7, 11) is -1.51. The predicted molar refractivity (Wildman–Crippen MR) is 107 cm³/mol. The molecule has 2 aliphatic rings. The molecule has 1 heterocycles. The van der Waals surface area contributed by atoms with E-state index in [4.69, 9.17) is 0 Å². The summed E-state index contributed by atoms with van der Waals surface area (Å²) in [6.07, 6.45) is 3.25. The van der Waals surface area contributed by atoms with Gasteiger partial charge in [-0.15, -0.1) is 0 Å². The van der Waals surface area contributed by atoms with E-state index >= 15 is 0 Å². The second-order valence-electron chi connectivity index (χ2n) is 8.48. The molecule has 1 aromatic rings. The van der Waals surface area contributed by atoms with Crippen LogP contribution in [0.3, 0.4) is 0 Å². The summed E-state index contributed by atoms with van der Waals surface area (Å²) in [6.45, 7) is 4.48. The number of benzene rings is 1. The lowest BCUT2D eigenvalue weighted by molar-refractivity contribution is 0.339. The van der Waals surface area contributed by atoms with Crippen molar-refractivity contribution in [2.24, 2.45) is 4.99 Å². The second-order valence-corrected chi connectivity index (χ2v) is 11.2. The Bertz CT molecular complexity index is 842. The minimum Gasteiger partial charge on any atom is -0.355 e. The normalized spacial score (nSPS) is 23.6. The third-order valence-electron chi connectivity index (χ3n) is 6.19. The SMILES string of the molecule is CN=C(NCC1(c2c(F)cccc2F)CCCC1)N1CCS(=O)(=O)C(C)(C)C1. The average molecular weight is 414 g/mol. The number of rotatable bonds is 3. The van der Waals surface area contributed by atoms with Gasteiger partial charge in [0.25, 0.3) is 0 Å². The van der Waals surface area contributed by atoms with Crippen molar-refractivity contribution < 1.29 is 17.2 Å². The number of sulfone groups is 1. The van der Waals surface area contributed by atoms with E-state index in [1.54, 1.807) is 20.9 Å². The third kappa shape index (κ3) is 3.75. The van der Waals surface area contributed by atoms with Gasteiger partial charge in [0.05, 0.1) is 10.5 Å². The van der Waals surface area contributed by atoms with E-state index in [1.807, 2.05) is 4.90 Å². The molecule has 0 atom stereocenters. The van der Waals surface area contributed by atoms with Crippen molar-refractivity contribution >= 4 is 15.8 Å². The van der Waals surface area contributed by atoms with Crippen molar-refractivity contribution in [1.82, 2.24) is 10.2 Å². The van der Waals surface area contributed by atoms with Crippen LogP contribution in [-0.4, -0.2) is 56.5 Å². The molecule has 156 valence electrons. The predicted octanol–water partition coefficient (Wildman–Crippen LogP) is 2.86. The van der Waals surface area contributed by atoms with Gasteiger partial charge in [-0.05, 0) is 38.8 Å². The molecule has 0 aromatic heterocycles. The van der Waals surface area contributed by atoms with Crippen LogP contribution in [0.1, 0.15) is 45.1 Å². The number of aliphatic imine (C=N–C) groups is 1. The average Bonchev–Trinajstić information content (AvgIpc) is 3.08. The lowest BCUT2D eigenvalue weighted by Crippen LogP contribution is -2.58. The number of halogens is 2. The van der Waals surface area contributed by atoms with Crippen LogP contribution in [0, 0.1) is 11.6 Å². The monoisotopic (exact) mass is 413 g/mol. The molecular weight excluding hydrogens is 384 g/mol. The van der Waals surface area contributed by atoms with Gasteiger partial charge >= 0.3 is 0 Å². The Morgan fingerprint density at radius 1 is 1.21 bits per heavy atom. The van der Waals surface area contributed by atoms with Crippen LogP contribution in [0.4, 0.5) is 8.78 Å². The lowest BCUT2D eigenvalue weighted by atomic mass is 9.78. The molecule has 0 unspecified atom stereocenters. The van der Waals surface area contributed by atoms with Gasteiger partial charge < -0.3 is 10.2 Å². The molecule has 0 spiro atoms. The topological polar surface area (TPSA) is 61.8 Å². The number of hydrogen-bond acceptors (Lipinski definition) is 3. The molecular formula is C20H29F2N3O2S. The van der Waals surface area contributed by atoms with Gasteiger partial charge in [0.2, 0.25) is 0 Å². The fraction of sp³-hybridized carbons (Fsp3) is 0.650. The summed E-state index contributed by atoms with van der Waals surface area (Å²) in [5.41, 5.74) is -0.472. The molecule has 5 nitrogen and oxygen atoms in total. The van der Waals surface area contributed by atoms with E-state index in [-0.39, 0.29) is 11.3 Å². The molecule has 1 aliphatic carbocycles. The molecule has 8 heteroatoms. The van der Waals surface area contributed by atoms with Crippen LogP contribution in [0.15, 0.2) is 23.2 Å². The smallest absolute Gasteiger partial charge is 0.193 e. The van der Waals surface area contributed by atoms with Gasteiger partial charge in [0.1, 0.15) is 11.6 Å². The highest BCUT2D eigenvalue weighted by molar-refractivity contribution is 7.92. The van der Waals surface area contributed by atoms with Crippen LogP contribution in [0.5, 0.6) is 0 Å². The van der Waals surface area contributed by atoms with Crippen molar-refractivity contribution in [3.05, 3.63) is 35.4 Å². The van der Waals surface area contributed by atoms with E-state index in [1.165, 1.54) is 18.2 Å². The number of hydrogen-bond donors (Lipinski definition) is 1. The van der Waals surface area contributed by atoms with Crippen molar-refractivity contribution in [2.75, 3.05) is 32.4 Å². The number of guanidine groups is 1. The van der Waals surface area contributed by atoms with Crippen molar-refractivity contribution in [3.63, 3.8) is 0 Å². The quantitative estimate of drug-likeness (QED) is 0.612. The lowest BCUT2D eigenvalue weighted by Gasteiger charge is -2.40. The Kier molecular flexibility index (Phi) is 5.71. The largest absolute Gasteiger partial charge is 0.355 e. The first-order valence-electron chi connectivity index (χ1n) is 9.74. The number of nitrogens with one attached hydrogen (secondary N) is 1. The summed E-state index contributed by atoms with van der Waals surface area (Å²) in [5, 5.41) is 3.29. The summed E-state index contributed by atoms with van der Waals surface area (Å²) >= 11 is 0. The zero-order valence-corrected chi connectivity index (χ0v) is 17.6. The third-order valence-corrected chi connectivity index (χ3v) is 8.73. The van der Waals surface area contributed by atoms with Crippen LogP contribution < -0.4 is 5.32 Å². The molecule has 28 heavy (non-hydrogen) atoms. The molecule has 1 aliphatic heterocycles. The number of nitrogens with zero attached hydrogens (tertiary/aromatic N) is 2. The fourth-order valence-electron chi connectivity index (χ4n) is 4.48. The summed E-state index contributed by atoms with van der Waals surface area (Å²) < 4.78 is 52.7. The van der Waals surface area contributed by atoms with Crippen molar-refractivity contribution in [1.29, 1.82) is 0 Å². The molecule has 2 fully saturated rings. The van der Waals surface area contributed by atoms with Gasteiger partial charge in [-0.1, -0.05) is 18.9 Å².